The molecule has 0 saturated heterocycles. The van der Waals surface area contributed by atoms with Crippen LogP contribution in [0.3, 0.4) is 0 Å². The zero-order valence-corrected chi connectivity index (χ0v) is 9.98. The zero-order valence-electron chi connectivity index (χ0n) is 9.98. The molecule has 0 aliphatic rings. The van der Waals surface area contributed by atoms with Gasteiger partial charge in [-0.05, 0) is 25.5 Å². The molecule has 1 aromatic heterocycles. The Morgan fingerprint density at radius 3 is 2.94 bits per heavy atom. The summed E-state index contributed by atoms with van der Waals surface area (Å²) in [5, 5.41) is 8.83. The van der Waals surface area contributed by atoms with E-state index < -0.39 is 0 Å². The van der Waals surface area contributed by atoms with E-state index in [-0.39, 0.29) is 0 Å². The molecule has 0 N–H and O–H groups in total. The number of nitriles is 1. The van der Waals surface area contributed by atoms with Crippen LogP contribution in [0, 0.1) is 11.3 Å². The average molecular weight is 225 g/mol. The number of nitrogens with zero attached hydrogens (tertiary/aromatic N) is 3. The summed E-state index contributed by atoms with van der Waals surface area (Å²) in [6.45, 7) is 6.77. The summed E-state index contributed by atoms with van der Waals surface area (Å²) < 4.78 is 2.12. The van der Waals surface area contributed by atoms with Crippen molar-refractivity contribution in [2.45, 2.75) is 26.3 Å². The third kappa shape index (κ3) is 2.36. The largest absolute Gasteiger partial charge is 0.327 e. The third-order valence-corrected chi connectivity index (χ3v) is 2.73. The van der Waals surface area contributed by atoms with Gasteiger partial charge in [0.15, 0.2) is 0 Å². The fraction of sp³-hybridized carbons (Fsp3) is 0.286. The van der Waals surface area contributed by atoms with Crippen molar-refractivity contribution in [3.8, 4) is 6.07 Å². The minimum absolute atomic E-state index is 0.352. The van der Waals surface area contributed by atoms with Gasteiger partial charge in [-0.15, -0.1) is 6.58 Å². The number of rotatable bonds is 4. The van der Waals surface area contributed by atoms with E-state index in [0.29, 0.717) is 6.42 Å². The third-order valence-electron chi connectivity index (χ3n) is 2.73. The first kappa shape index (κ1) is 11.4. The predicted octanol–water partition coefficient (Wildman–Crippen LogP) is 3.07. The molecule has 1 aromatic carbocycles. The van der Waals surface area contributed by atoms with Crippen LogP contribution < -0.4 is 0 Å². The standard InChI is InChI=1S/C14H15N3/c1-11(2)8-10-17-13-6-4-3-5-12(13)16-14(17)7-9-15/h3-6H,1,7-8,10H2,2H3. The average Bonchev–Trinajstić information content (AvgIpc) is 2.64. The Morgan fingerprint density at radius 2 is 2.24 bits per heavy atom. The molecule has 0 bridgehead atoms. The molecule has 0 aliphatic carbocycles. The molecule has 2 rings (SSSR count). The van der Waals surface area contributed by atoms with E-state index in [2.05, 4.69) is 22.2 Å². The number of allylic oxidation sites excluding steroid dienone is 1. The van der Waals surface area contributed by atoms with Crippen LogP contribution in [0.2, 0.25) is 0 Å². The number of aromatic nitrogens is 2. The van der Waals surface area contributed by atoms with Crippen LogP contribution in [0.4, 0.5) is 0 Å². The van der Waals surface area contributed by atoms with Crippen LogP contribution in [0.15, 0.2) is 36.4 Å². The van der Waals surface area contributed by atoms with E-state index in [1.165, 1.54) is 0 Å². The molecule has 0 amide bonds. The van der Waals surface area contributed by atoms with Gasteiger partial charge in [-0.2, -0.15) is 5.26 Å². The van der Waals surface area contributed by atoms with Gasteiger partial charge in [0.2, 0.25) is 0 Å². The topological polar surface area (TPSA) is 41.6 Å². The van der Waals surface area contributed by atoms with Crippen LogP contribution in [0.1, 0.15) is 19.2 Å². The smallest absolute Gasteiger partial charge is 0.124 e. The molecule has 86 valence electrons. The van der Waals surface area contributed by atoms with Gasteiger partial charge in [-0.1, -0.05) is 17.7 Å². The van der Waals surface area contributed by atoms with Crippen molar-refractivity contribution in [3.63, 3.8) is 0 Å². The first-order valence-corrected chi connectivity index (χ1v) is 5.68. The van der Waals surface area contributed by atoms with Gasteiger partial charge in [0.25, 0.3) is 0 Å². The number of hydrogen-bond acceptors (Lipinski definition) is 2. The molecule has 0 fully saturated rings. The summed E-state index contributed by atoms with van der Waals surface area (Å²) in [6, 6.07) is 10.2. The Morgan fingerprint density at radius 1 is 1.47 bits per heavy atom. The molecule has 3 nitrogen and oxygen atoms in total. The van der Waals surface area contributed by atoms with Crippen molar-refractivity contribution in [1.82, 2.24) is 9.55 Å². The van der Waals surface area contributed by atoms with Crippen LogP contribution in [-0.4, -0.2) is 9.55 Å². The molecule has 1 heterocycles. The number of benzene rings is 1. The first-order valence-electron chi connectivity index (χ1n) is 5.68. The Labute approximate surface area is 101 Å². The molecule has 0 unspecified atom stereocenters. The molecule has 3 heteroatoms. The molecule has 0 atom stereocenters. The van der Waals surface area contributed by atoms with Gasteiger partial charge in [-0.25, -0.2) is 4.98 Å². The van der Waals surface area contributed by atoms with Crippen molar-refractivity contribution < 1.29 is 0 Å². The summed E-state index contributed by atoms with van der Waals surface area (Å²) in [5.41, 5.74) is 3.20. The lowest BCUT2D eigenvalue weighted by Gasteiger charge is -2.07. The SMILES string of the molecule is C=C(C)CCn1c(CC#N)nc2ccccc21. The van der Waals surface area contributed by atoms with Gasteiger partial charge in [-0.3, -0.25) is 0 Å². The summed E-state index contributed by atoms with van der Waals surface area (Å²) >= 11 is 0. The highest BCUT2D eigenvalue weighted by atomic mass is 15.1. The Kier molecular flexibility index (Phi) is 3.24. The second kappa shape index (κ2) is 4.84. The zero-order chi connectivity index (χ0) is 12.3. The van der Waals surface area contributed by atoms with E-state index >= 15 is 0 Å². The molecule has 0 aliphatic heterocycles. The number of para-hydroxylation sites is 2. The lowest BCUT2D eigenvalue weighted by molar-refractivity contribution is 0.680. The normalized spacial score (nSPS) is 10.4. The summed E-state index contributed by atoms with van der Waals surface area (Å²) in [4.78, 5) is 4.49. The minimum Gasteiger partial charge on any atom is -0.327 e. The lowest BCUT2D eigenvalue weighted by atomic mass is 10.2. The highest BCUT2D eigenvalue weighted by molar-refractivity contribution is 5.75. The Hall–Kier alpha value is -2.08. The van der Waals surface area contributed by atoms with E-state index in [9.17, 15) is 0 Å². The van der Waals surface area contributed by atoms with E-state index in [1.807, 2.05) is 31.2 Å². The Bertz CT molecular complexity index is 587. The number of hydrogen-bond donors (Lipinski definition) is 0. The van der Waals surface area contributed by atoms with Crippen molar-refractivity contribution in [2.24, 2.45) is 0 Å². The van der Waals surface area contributed by atoms with Crippen LogP contribution in [0.5, 0.6) is 0 Å². The molecule has 0 spiro atoms. The fourth-order valence-electron chi connectivity index (χ4n) is 1.88. The van der Waals surface area contributed by atoms with Crippen molar-refractivity contribution in [3.05, 3.63) is 42.2 Å². The highest BCUT2D eigenvalue weighted by Crippen LogP contribution is 2.17. The summed E-state index contributed by atoms with van der Waals surface area (Å²) in [5.74, 6) is 0.843. The van der Waals surface area contributed by atoms with Crippen LogP contribution >= 0.6 is 0 Å². The van der Waals surface area contributed by atoms with Gasteiger partial charge in [0.1, 0.15) is 5.82 Å². The molecule has 17 heavy (non-hydrogen) atoms. The van der Waals surface area contributed by atoms with Crippen molar-refractivity contribution in [2.75, 3.05) is 0 Å². The monoisotopic (exact) mass is 225 g/mol. The van der Waals surface area contributed by atoms with E-state index in [0.717, 1.165) is 35.4 Å². The second-order valence-corrected chi connectivity index (χ2v) is 4.21. The lowest BCUT2D eigenvalue weighted by Crippen LogP contribution is -2.03. The molecule has 2 aromatic rings. The van der Waals surface area contributed by atoms with Crippen LogP contribution in [-0.2, 0) is 13.0 Å². The predicted molar refractivity (Wildman–Crippen MR) is 68.5 cm³/mol. The number of imidazole rings is 1. The number of fused-ring (bicyclic) bond motifs is 1. The second-order valence-electron chi connectivity index (χ2n) is 4.21. The van der Waals surface area contributed by atoms with Gasteiger partial charge >= 0.3 is 0 Å². The van der Waals surface area contributed by atoms with Gasteiger partial charge in [0, 0.05) is 6.54 Å². The fourth-order valence-corrected chi connectivity index (χ4v) is 1.88. The maximum absolute atomic E-state index is 8.83. The van der Waals surface area contributed by atoms with E-state index in [4.69, 9.17) is 5.26 Å². The van der Waals surface area contributed by atoms with Crippen molar-refractivity contribution >= 4 is 11.0 Å². The van der Waals surface area contributed by atoms with Gasteiger partial charge in [0.05, 0.1) is 23.5 Å². The maximum atomic E-state index is 8.83. The van der Waals surface area contributed by atoms with Crippen LogP contribution in [0.25, 0.3) is 11.0 Å². The molecular formula is C14H15N3. The Balaban J connectivity index is 2.44. The quantitative estimate of drug-likeness (QED) is 0.750. The van der Waals surface area contributed by atoms with Crippen molar-refractivity contribution in [1.29, 1.82) is 5.26 Å². The molecule has 0 saturated carbocycles. The summed E-state index contributed by atoms with van der Waals surface area (Å²) in [7, 11) is 0. The van der Waals surface area contributed by atoms with Gasteiger partial charge < -0.3 is 4.57 Å². The minimum atomic E-state index is 0.352. The number of aryl methyl sites for hydroxylation is 1. The highest BCUT2D eigenvalue weighted by Gasteiger charge is 2.09. The molecule has 0 radical (unpaired) electrons. The molecular weight excluding hydrogens is 210 g/mol. The van der Waals surface area contributed by atoms with E-state index in [1.54, 1.807) is 0 Å². The summed E-state index contributed by atoms with van der Waals surface area (Å²) in [6.07, 6.45) is 1.27. The first-order chi connectivity index (χ1) is 8.22. The maximum Gasteiger partial charge on any atom is 0.124 e.